The maximum absolute atomic E-state index is 6.53. The third kappa shape index (κ3) is 4.71. The molecule has 6 nitrogen and oxygen atoms in total. The van der Waals surface area contributed by atoms with Gasteiger partial charge in [-0.05, 0) is 38.0 Å². The van der Waals surface area contributed by atoms with Gasteiger partial charge in [0.25, 0.3) is 0 Å². The fourth-order valence-electron chi connectivity index (χ4n) is 4.13. The molecule has 170 valence electrons. The first-order valence-electron chi connectivity index (χ1n) is 11.0. The lowest BCUT2D eigenvalue weighted by molar-refractivity contribution is 0.129. The second-order valence-electron chi connectivity index (χ2n) is 8.14. The van der Waals surface area contributed by atoms with Crippen molar-refractivity contribution in [3.05, 3.63) is 65.2 Å². The molecule has 1 atom stereocenters. The van der Waals surface area contributed by atoms with Crippen molar-refractivity contribution >= 4 is 34.3 Å². The van der Waals surface area contributed by atoms with Gasteiger partial charge >= 0.3 is 0 Å². The minimum Gasteiger partial charge on any atom is -0.487 e. The quantitative estimate of drug-likeness (QED) is 0.309. The van der Waals surface area contributed by atoms with Gasteiger partial charge in [0.2, 0.25) is 0 Å². The van der Waals surface area contributed by atoms with E-state index in [1.165, 1.54) is 0 Å². The van der Waals surface area contributed by atoms with E-state index in [1.54, 1.807) is 24.2 Å². The van der Waals surface area contributed by atoms with E-state index in [4.69, 9.17) is 26.1 Å². The molecule has 0 amide bonds. The number of benzene rings is 1. The normalized spacial score (nSPS) is 15.9. The summed E-state index contributed by atoms with van der Waals surface area (Å²) in [6, 6.07) is 10.1. The number of aryl methyl sites for hydroxylation is 2. The lowest BCUT2D eigenvalue weighted by Gasteiger charge is -2.15. The summed E-state index contributed by atoms with van der Waals surface area (Å²) < 4.78 is 13.9. The second-order valence-corrected chi connectivity index (χ2v) is 9.61. The van der Waals surface area contributed by atoms with Crippen molar-refractivity contribution in [2.24, 2.45) is 7.05 Å². The lowest BCUT2D eigenvalue weighted by atomic mass is 10.0. The summed E-state index contributed by atoms with van der Waals surface area (Å²) >= 11 is 8.26. The number of halogens is 1. The van der Waals surface area contributed by atoms with Gasteiger partial charge in [-0.1, -0.05) is 23.7 Å². The summed E-state index contributed by atoms with van der Waals surface area (Å²) in [5, 5.41) is 5.95. The Morgan fingerprint density at radius 1 is 1.27 bits per heavy atom. The van der Waals surface area contributed by atoms with Crippen LogP contribution in [0.1, 0.15) is 24.1 Å². The summed E-state index contributed by atoms with van der Waals surface area (Å²) in [4.78, 5) is 10.1. The minimum atomic E-state index is 0.290. The summed E-state index contributed by atoms with van der Waals surface area (Å²) in [6.45, 7) is 3.18. The molecule has 0 bridgehead atoms. The second kappa shape index (κ2) is 9.71. The first-order chi connectivity index (χ1) is 16.1. The molecular formula is C25H25ClN4O2S. The van der Waals surface area contributed by atoms with Crippen LogP contribution in [0.25, 0.3) is 22.2 Å². The van der Waals surface area contributed by atoms with Gasteiger partial charge in [0.1, 0.15) is 17.9 Å². The standard InChI is InChI=1S/C25H25ClN4O2S/c1-16-11-19(22-8-9-28-30(22)2)18-6-3-7-23(25(18)29-16)32-14-20-21(26)12-27-13-24(20)33-15-17-5-4-10-31-17/h3,6-9,11-13,17H,4-5,10,14-15H2,1-2H3/t17-/m1/s1. The highest BCUT2D eigenvalue weighted by Gasteiger charge is 2.18. The fourth-order valence-corrected chi connectivity index (χ4v) is 5.51. The molecule has 0 aliphatic carbocycles. The van der Waals surface area contributed by atoms with Gasteiger partial charge in [-0.3, -0.25) is 9.67 Å². The van der Waals surface area contributed by atoms with Gasteiger partial charge in [-0.15, -0.1) is 11.8 Å². The molecular weight excluding hydrogens is 456 g/mol. The van der Waals surface area contributed by atoms with Gasteiger partial charge in [0, 0.05) is 65.1 Å². The number of rotatable bonds is 7. The molecule has 0 spiro atoms. The zero-order valence-electron chi connectivity index (χ0n) is 18.6. The van der Waals surface area contributed by atoms with Crippen LogP contribution in [0.5, 0.6) is 5.75 Å². The number of ether oxygens (including phenoxy) is 2. The van der Waals surface area contributed by atoms with E-state index in [0.717, 1.165) is 69.3 Å². The Hall–Kier alpha value is -2.61. The predicted molar refractivity (Wildman–Crippen MR) is 132 cm³/mol. The summed E-state index contributed by atoms with van der Waals surface area (Å²) in [5.74, 6) is 1.61. The number of pyridine rings is 2. The van der Waals surface area contributed by atoms with Crippen LogP contribution in [0.3, 0.4) is 0 Å². The Bertz CT molecular complexity index is 1290. The number of nitrogens with zero attached hydrogens (tertiary/aromatic N) is 4. The predicted octanol–water partition coefficient (Wildman–Crippen LogP) is 5.84. The average molecular weight is 481 g/mol. The topological polar surface area (TPSA) is 62.1 Å². The third-order valence-corrected chi connectivity index (χ3v) is 7.34. The first-order valence-corrected chi connectivity index (χ1v) is 12.3. The van der Waals surface area contributed by atoms with E-state index in [1.807, 2.05) is 43.0 Å². The van der Waals surface area contributed by atoms with Crippen LogP contribution in [0.4, 0.5) is 0 Å². The highest BCUT2D eigenvalue weighted by molar-refractivity contribution is 7.99. The lowest BCUT2D eigenvalue weighted by Crippen LogP contribution is -2.08. The molecule has 5 rings (SSSR count). The first kappa shape index (κ1) is 22.2. The Morgan fingerprint density at radius 3 is 2.97 bits per heavy atom. The Labute approximate surface area is 202 Å². The number of aromatic nitrogens is 4. The van der Waals surface area contributed by atoms with Crippen molar-refractivity contribution in [3.8, 4) is 17.0 Å². The molecule has 8 heteroatoms. The van der Waals surface area contributed by atoms with E-state index in [0.29, 0.717) is 17.7 Å². The smallest absolute Gasteiger partial charge is 0.146 e. The number of hydrogen-bond donors (Lipinski definition) is 0. The van der Waals surface area contributed by atoms with Crippen molar-refractivity contribution < 1.29 is 9.47 Å². The monoisotopic (exact) mass is 480 g/mol. The molecule has 0 unspecified atom stereocenters. The Kier molecular flexibility index (Phi) is 6.53. The van der Waals surface area contributed by atoms with E-state index in [2.05, 4.69) is 22.2 Å². The van der Waals surface area contributed by atoms with Gasteiger partial charge in [-0.2, -0.15) is 5.10 Å². The average Bonchev–Trinajstić information content (AvgIpc) is 3.48. The zero-order chi connectivity index (χ0) is 22.8. The van der Waals surface area contributed by atoms with Gasteiger partial charge in [-0.25, -0.2) is 4.98 Å². The van der Waals surface area contributed by atoms with Crippen molar-refractivity contribution in [1.29, 1.82) is 0 Å². The zero-order valence-corrected chi connectivity index (χ0v) is 20.2. The molecule has 33 heavy (non-hydrogen) atoms. The van der Waals surface area contributed by atoms with Crippen LogP contribution in [-0.4, -0.2) is 38.2 Å². The molecule has 0 N–H and O–H groups in total. The molecule has 1 saturated heterocycles. The molecule has 1 aliphatic heterocycles. The van der Waals surface area contributed by atoms with E-state index in [-0.39, 0.29) is 0 Å². The number of thioether (sulfide) groups is 1. The van der Waals surface area contributed by atoms with Crippen LogP contribution in [-0.2, 0) is 18.4 Å². The SMILES string of the molecule is Cc1cc(-c2ccnn2C)c2cccc(OCc3c(Cl)cncc3SC[C@H]3CCCO3)c2n1. The van der Waals surface area contributed by atoms with Crippen molar-refractivity contribution in [2.45, 2.75) is 37.4 Å². The fraction of sp³-hybridized carbons (Fsp3) is 0.320. The molecule has 0 saturated carbocycles. The van der Waals surface area contributed by atoms with Crippen LogP contribution < -0.4 is 4.74 Å². The maximum Gasteiger partial charge on any atom is 0.146 e. The van der Waals surface area contributed by atoms with Crippen LogP contribution >= 0.6 is 23.4 Å². The highest BCUT2D eigenvalue weighted by atomic mass is 35.5. The summed E-state index contributed by atoms with van der Waals surface area (Å²) in [6.07, 6.45) is 7.85. The van der Waals surface area contributed by atoms with Gasteiger partial charge in [0.15, 0.2) is 0 Å². The van der Waals surface area contributed by atoms with E-state index >= 15 is 0 Å². The van der Waals surface area contributed by atoms with E-state index in [9.17, 15) is 0 Å². The molecule has 4 heterocycles. The highest BCUT2D eigenvalue weighted by Crippen LogP contribution is 2.35. The minimum absolute atomic E-state index is 0.290. The van der Waals surface area contributed by atoms with Crippen molar-refractivity contribution in [2.75, 3.05) is 12.4 Å². The van der Waals surface area contributed by atoms with Crippen molar-refractivity contribution in [3.63, 3.8) is 0 Å². The molecule has 1 aliphatic rings. The molecule has 3 aromatic heterocycles. The molecule has 4 aromatic rings. The van der Waals surface area contributed by atoms with Crippen LogP contribution in [0.2, 0.25) is 5.02 Å². The third-order valence-electron chi connectivity index (χ3n) is 5.81. The number of para-hydroxylation sites is 1. The maximum atomic E-state index is 6.53. The molecule has 1 aromatic carbocycles. The van der Waals surface area contributed by atoms with Gasteiger partial charge < -0.3 is 9.47 Å². The van der Waals surface area contributed by atoms with Crippen LogP contribution in [0, 0.1) is 6.92 Å². The molecule has 0 radical (unpaired) electrons. The molecule has 1 fully saturated rings. The number of fused-ring (bicyclic) bond motifs is 1. The van der Waals surface area contributed by atoms with E-state index < -0.39 is 0 Å². The van der Waals surface area contributed by atoms with Gasteiger partial charge in [0.05, 0.1) is 16.8 Å². The van der Waals surface area contributed by atoms with Crippen molar-refractivity contribution in [1.82, 2.24) is 19.7 Å². The number of hydrogen-bond acceptors (Lipinski definition) is 6. The largest absolute Gasteiger partial charge is 0.487 e. The van der Waals surface area contributed by atoms with Crippen LogP contribution in [0.15, 0.2) is 53.8 Å². The summed E-state index contributed by atoms with van der Waals surface area (Å²) in [5.41, 5.74) is 4.80. The Balaban J connectivity index is 1.44. The Morgan fingerprint density at radius 2 is 2.18 bits per heavy atom. The summed E-state index contributed by atoms with van der Waals surface area (Å²) in [7, 11) is 1.94.